The summed E-state index contributed by atoms with van der Waals surface area (Å²) in [5.41, 5.74) is 4.02. The summed E-state index contributed by atoms with van der Waals surface area (Å²) in [5.74, 6) is -0.0149. The molecule has 0 fully saturated rings. The summed E-state index contributed by atoms with van der Waals surface area (Å²) in [7, 11) is 0. The second-order valence-corrected chi connectivity index (χ2v) is 6.90. The highest BCUT2D eigenvalue weighted by Gasteiger charge is 2.16. The molecule has 5 heteroatoms. The number of nitrogens with one attached hydrogen (secondary N) is 1. The van der Waals surface area contributed by atoms with Crippen molar-refractivity contribution in [3.63, 3.8) is 0 Å². The highest BCUT2D eigenvalue weighted by Crippen LogP contribution is 2.28. The summed E-state index contributed by atoms with van der Waals surface area (Å²) in [5, 5.41) is 2.87. The van der Waals surface area contributed by atoms with Crippen LogP contribution >= 0.6 is 0 Å². The van der Waals surface area contributed by atoms with Gasteiger partial charge in [-0.05, 0) is 67.1 Å². The number of fused-ring (bicyclic) bond motifs is 1. The zero-order chi connectivity index (χ0) is 19.1. The summed E-state index contributed by atoms with van der Waals surface area (Å²) in [6.07, 6.45) is 4.28. The van der Waals surface area contributed by atoms with Crippen LogP contribution in [-0.4, -0.2) is 32.1 Å². The van der Waals surface area contributed by atoms with Crippen LogP contribution in [0.4, 0.5) is 10.1 Å². The highest BCUT2D eigenvalue weighted by molar-refractivity contribution is 5.77. The Morgan fingerprint density at radius 3 is 2.81 bits per heavy atom. The molecule has 0 saturated carbocycles. The van der Waals surface area contributed by atoms with Gasteiger partial charge in [0.2, 0.25) is 0 Å². The van der Waals surface area contributed by atoms with Crippen LogP contribution < -0.4 is 15.0 Å². The van der Waals surface area contributed by atoms with E-state index in [2.05, 4.69) is 35.3 Å². The minimum atomic E-state index is -0.324. The van der Waals surface area contributed by atoms with E-state index in [1.54, 1.807) is 0 Å². The van der Waals surface area contributed by atoms with Crippen LogP contribution in [0.1, 0.15) is 30.9 Å². The zero-order valence-corrected chi connectivity index (χ0v) is 15.8. The van der Waals surface area contributed by atoms with E-state index in [0.717, 1.165) is 32.4 Å². The van der Waals surface area contributed by atoms with Gasteiger partial charge in [-0.1, -0.05) is 19.1 Å². The van der Waals surface area contributed by atoms with Crippen LogP contribution in [0.5, 0.6) is 5.75 Å². The van der Waals surface area contributed by atoms with Crippen molar-refractivity contribution in [2.45, 2.75) is 32.6 Å². The number of rotatable bonds is 8. The Bertz CT molecular complexity index is 761. The van der Waals surface area contributed by atoms with Crippen LogP contribution in [0.25, 0.3) is 0 Å². The third-order valence-corrected chi connectivity index (χ3v) is 4.77. The molecule has 3 rings (SSSR count). The van der Waals surface area contributed by atoms with Crippen LogP contribution in [0, 0.1) is 5.82 Å². The summed E-state index contributed by atoms with van der Waals surface area (Å²) in [4.78, 5) is 14.4. The van der Waals surface area contributed by atoms with Crippen LogP contribution in [-0.2, 0) is 17.6 Å². The lowest BCUT2D eigenvalue weighted by molar-refractivity contribution is -0.123. The van der Waals surface area contributed by atoms with Gasteiger partial charge in [0.15, 0.2) is 6.61 Å². The maximum atomic E-state index is 12.8. The Kier molecular flexibility index (Phi) is 6.69. The minimum Gasteiger partial charge on any atom is -0.484 e. The number of hydrogen-bond donors (Lipinski definition) is 1. The number of aryl methyl sites for hydroxylation is 1. The zero-order valence-electron chi connectivity index (χ0n) is 15.8. The second kappa shape index (κ2) is 9.40. The molecule has 27 heavy (non-hydrogen) atoms. The fourth-order valence-electron chi connectivity index (χ4n) is 3.46. The Hall–Kier alpha value is -2.56. The van der Waals surface area contributed by atoms with Gasteiger partial charge in [-0.25, -0.2) is 4.39 Å². The largest absolute Gasteiger partial charge is 0.484 e. The molecule has 4 nitrogen and oxygen atoms in total. The van der Waals surface area contributed by atoms with E-state index in [4.69, 9.17) is 4.74 Å². The molecule has 2 aromatic rings. The lowest BCUT2D eigenvalue weighted by atomic mass is 9.98. The number of carbonyl (C=O) groups excluding carboxylic acids is 1. The number of carbonyl (C=O) groups is 1. The Morgan fingerprint density at radius 2 is 2.04 bits per heavy atom. The first-order chi connectivity index (χ1) is 13.2. The third kappa shape index (κ3) is 5.46. The molecular formula is C22H27FN2O2. The van der Waals surface area contributed by atoms with Crippen LogP contribution in [0.2, 0.25) is 0 Å². The van der Waals surface area contributed by atoms with E-state index in [-0.39, 0.29) is 18.3 Å². The number of nitrogens with zero attached hydrogens (tertiary/aromatic N) is 1. The Morgan fingerprint density at radius 1 is 1.22 bits per heavy atom. The molecule has 0 spiro atoms. The van der Waals surface area contributed by atoms with Crippen molar-refractivity contribution in [1.82, 2.24) is 5.32 Å². The number of amides is 1. The van der Waals surface area contributed by atoms with Crippen molar-refractivity contribution >= 4 is 11.6 Å². The van der Waals surface area contributed by atoms with Crippen molar-refractivity contribution in [3.05, 3.63) is 59.4 Å². The van der Waals surface area contributed by atoms with Gasteiger partial charge in [0.05, 0.1) is 0 Å². The standard InChI is InChI=1S/C22H27FN2O2/c1-2-13-25-14-3-4-18-15-17(5-10-21(18)25)11-12-24-22(26)16-27-20-8-6-19(23)7-9-20/h5-10,15H,2-4,11-14,16H2,1H3,(H,24,26). The Balaban J connectivity index is 1.44. The molecule has 0 unspecified atom stereocenters. The maximum absolute atomic E-state index is 12.8. The van der Waals surface area contributed by atoms with Gasteiger partial charge in [0.1, 0.15) is 11.6 Å². The molecular weight excluding hydrogens is 343 g/mol. The normalized spacial score (nSPS) is 13.2. The second-order valence-electron chi connectivity index (χ2n) is 6.90. The molecule has 2 aromatic carbocycles. The number of benzene rings is 2. The summed E-state index contributed by atoms with van der Waals surface area (Å²) >= 11 is 0. The van der Waals surface area contributed by atoms with E-state index >= 15 is 0 Å². The molecule has 0 bridgehead atoms. The van der Waals surface area contributed by atoms with Gasteiger partial charge in [-0.15, -0.1) is 0 Å². The molecule has 0 saturated heterocycles. The summed E-state index contributed by atoms with van der Waals surface area (Å²) < 4.78 is 18.2. The summed E-state index contributed by atoms with van der Waals surface area (Å²) in [6.45, 7) is 4.97. The van der Waals surface area contributed by atoms with Gasteiger partial charge in [0.25, 0.3) is 5.91 Å². The molecule has 1 aliphatic heterocycles. The number of ether oxygens (including phenoxy) is 1. The van der Waals surface area contributed by atoms with E-state index in [9.17, 15) is 9.18 Å². The van der Waals surface area contributed by atoms with Crippen molar-refractivity contribution in [2.75, 3.05) is 31.1 Å². The van der Waals surface area contributed by atoms with E-state index in [0.29, 0.717) is 12.3 Å². The van der Waals surface area contributed by atoms with Gasteiger partial charge in [0, 0.05) is 25.3 Å². The molecule has 1 N–H and O–H groups in total. The Labute approximate surface area is 160 Å². The fraction of sp³-hybridized carbons (Fsp3) is 0.409. The third-order valence-electron chi connectivity index (χ3n) is 4.77. The average molecular weight is 370 g/mol. The predicted octanol–water partition coefficient (Wildman–Crippen LogP) is 3.73. The summed E-state index contributed by atoms with van der Waals surface area (Å²) in [6, 6.07) is 12.3. The monoisotopic (exact) mass is 370 g/mol. The first kappa shape index (κ1) is 19.2. The van der Waals surface area contributed by atoms with Gasteiger partial charge >= 0.3 is 0 Å². The molecule has 1 heterocycles. The van der Waals surface area contributed by atoms with Crippen molar-refractivity contribution < 1.29 is 13.9 Å². The number of anilines is 1. The van der Waals surface area contributed by atoms with Crippen molar-refractivity contribution in [3.8, 4) is 5.75 Å². The van der Waals surface area contributed by atoms with Gasteiger partial charge < -0.3 is 15.0 Å². The highest BCUT2D eigenvalue weighted by atomic mass is 19.1. The number of hydrogen-bond acceptors (Lipinski definition) is 3. The fourth-order valence-corrected chi connectivity index (χ4v) is 3.46. The average Bonchev–Trinajstić information content (AvgIpc) is 2.68. The number of halogens is 1. The molecule has 1 aliphatic rings. The van der Waals surface area contributed by atoms with E-state index in [1.807, 2.05) is 0 Å². The van der Waals surface area contributed by atoms with E-state index in [1.165, 1.54) is 47.5 Å². The van der Waals surface area contributed by atoms with E-state index < -0.39 is 0 Å². The van der Waals surface area contributed by atoms with Crippen LogP contribution in [0.3, 0.4) is 0 Å². The smallest absolute Gasteiger partial charge is 0.257 e. The molecule has 0 aliphatic carbocycles. The first-order valence-electron chi connectivity index (χ1n) is 9.67. The van der Waals surface area contributed by atoms with Gasteiger partial charge in [-0.3, -0.25) is 4.79 Å². The molecule has 1 amide bonds. The maximum Gasteiger partial charge on any atom is 0.257 e. The molecule has 0 radical (unpaired) electrons. The first-order valence-corrected chi connectivity index (χ1v) is 9.67. The SMILES string of the molecule is CCCN1CCCc2cc(CCNC(=O)COc3ccc(F)cc3)ccc21. The minimum absolute atomic E-state index is 0.0677. The predicted molar refractivity (Wildman–Crippen MR) is 106 cm³/mol. The van der Waals surface area contributed by atoms with Crippen LogP contribution in [0.15, 0.2) is 42.5 Å². The topological polar surface area (TPSA) is 41.6 Å². The van der Waals surface area contributed by atoms with Crippen molar-refractivity contribution in [1.29, 1.82) is 0 Å². The molecule has 0 aromatic heterocycles. The molecule has 0 atom stereocenters. The lowest BCUT2D eigenvalue weighted by Gasteiger charge is -2.31. The van der Waals surface area contributed by atoms with Gasteiger partial charge in [-0.2, -0.15) is 0 Å². The lowest BCUT2D eigenvalue weighted by Crippen LogP contribution is -2.31. The quantitative estimate of drug-likeness (QED) is 0.770. The molecule has 144 valence electrons. The van der Waals surface area contributed by atoms with Crippen molar-refractivity contribution in [2.24, 2.45) is 0 Å².